The first-order valence-electron chi connectivity index (χ1n) is 9.81. The molecule has 6 nitrogen and oxygen atoms in total. The maximum atomic E-state index is 12.8. The van der Waals surface area contributed by atoms with Gasteiger partial charge in [0.05, 0.1) is 10.5 Å². The predicted octanol–water partition coefficient (Wildman–Crippen LogP) is 3.91. The summed E-state index contributed by atoms with van der Waals surface area (Å²) in [6.45, 7) is 2.94. The maximum Gasteiger partial charge on any atom is 0.416 e. The van der Waals surface area contributed by atoms with Crippen molar-refractivity contribution in [2.45, 2.75) is 43.8 Å². The number of carbonyl (C=O) groups excluding carboxylic acids is 1. The molecule has 0 unspecified atom stereocenters. The molecule has 0 saturated heterocycles. The minimum absolute atomic E-state index is 0.00447. The molecule has 170 valence electrons. The van der Waals surface area contributed by atoms with E-state index in [2.05, 4.69) is 5.32 Å². The van der Waals surface area contributed by atoms with Gasteiger partial charge in [0.2, 0.25) is 10.0 Å². The summed E-state index contributed by atoms with van der Waals surface area (Å²) in [5, 5.41) is 7.91. The normalized spacial score (nSPS) is 11.9. The first-order valence-corrected chi connectivity index (χ1v) is 11.4. The van der Waals surface area contributed by atoms with E-state index in [1.807, 2.05) is 6.92 Å². The zero-order valence-corrected chi connectivity index (χ0v) is 18.0. The average Bonchev–Trinajstić information content (AvgIpc) is 2.70. The van der Waals surface area contributed by atoms with Crippen LogP contribution in [0.4, 0.5) is 18.0 Å². The summed E-state index contributed by atoms with van der Waals surface area (Å²) >= 11 is 0. The van der Waals surface area contributed by atoms with Crippen LogP contribution >= 0.6 is 0 Å². The summed E-state index contributed by atoms with van der Waals surface area (Å²) in [7, 11) is -3.79. The standard InChI is InChI=1S/C21H26F3N3O3S/c1-2-3-13-26-20(28)27(15-17-4-8-18(9-5-17)21(22,23)24)14-12-16-6-10-19(11-7-16)31(25,29)30/h4-11H,2-3,12-15H2,1H3,(H,26,28)(H2,25,29,30). The maximum absolute atomic E-state index is 12.8. The van der Waals surface area contributed by atoms with Gasteiger partial charge in [-0.3, -0.25) is 0 Å². The number of benzene rings is 2. The SMILES string of the molecule is CCCCNC(=O)N(CCc1ccc(S(N)(=O)=O)cc1)Cc1ccc(C(F)(F)F)cc1. The summed E-state index contributed by atoms with van der Waals surface area (Å²) in [6, 6.07) is 10.4. The molecule has 0 aliphatic rings. The molecule has 0 spiro atoms. The van der Waals surface area contributed by atoms with Gasteiger partial charge in [-0.25, -0.2) is 18.4 Å². The molecule has 0 bridgehead atoms. The fourth-order valence-electron chi connectivity index (χ4n) is 2.87. The lowest BCUT2D eigenvalue weighted by Crippen LogP contribution is -2.41. The van der Waals surface area contributed by atoms with E-state index in [1.54, 1.807) is 12.1 Å². The van der Waals surface area contributed by atoms with Gasteiger partial charge in [0, 0.05) is 19.6 Å². The van der Waals surface area contributed by atoms with Crippen LogP contribution in [0.1, 0.15) is 36.5 Å². The number of nitrogens with two attached hydrogens (primary N) is 1. The number of rotatable bonds is 9. The Hall–Kier alpha value is -2.59. The Balaban J connectivity index is 2.10. The average molecular weight is 458 g/mol. The van der Waals surface area contributed by atoms with Gasteiger partial charge in [-0.1, -0.05) is 37.6 Å². The van der Waals surface area contributed by atoms with E-state index in [9.17, 15) is 26.4 Å². The Morgan fingerprint density at radius 1 is 1.03 bits per heavy atom. The molecule has 0 aromatic heterocycles. The van der Waals surface area contributed by atoms with Crippen molar-refractivity contribution >= 4 is 16.1 Å². The molecular formula is C21H26F3N3O3S. The summed E-state index contributed by atoms with van der Waals surface area (Å²) in [4.78, 5) is 14.1. The number of sulfonamides is 1. The highest BCUT2D eigenvalue weighted by Crippen LogP contribution is 2.29. The number of carbonyl (C=O) groups is 1. The largest absolute Gasteiger partial charge is 0.416 e. The van der Waals surface area contributed by atoms with E-state index in [4.69, 9.17) is 5.14 Å². The number of amides is 2. The minimum atomic E-state index is -4.42. The number of urea groups is 1. The van der Waals surface area contributed by atoms with E-state index in [0.29, 0.717) is 25.1 Å². The van der Waals surface area contributed by atoms with Gasteiger partial charge < -0.3 is 10.2 Å². The van der Waals surface area contributed by atoms with Crippen LogP contribution in [0.5, 0.6) is 0 Å². The van der Waals surface area contributed by atoms with Gasteiger partial charge in [0.1, 0.15) is 0 Å². The molecular weight excluding hydrogens is 431 g/mol. The van der Waals surface area contributed by atoms with Gasteiger partial charge in [0.15, 0.2) is 0 Å². The van der Waals surface area contributed by atoms with Gasteiger partial charge in [0.25, 0.3) is 0 Å². The number of hydrogen-bond donors (Lipinski definition) is 2. The number of halogens is 3. The lowest BCUT2D eigenvalue weighted by atomic mass is 10.1. The van der Waals surface area contributed by atoms with Gasteiger partial charge in [-0.2, -0.15) is 13.2 Å². The predicted molar refractivity (Wildman–Crippen MR) is 112 cm³/mol. The Morgan fingerprint density at radius 2 is 1.61 bits per heavy atom. The molecule has 2 aromatic carbocycles. The fraction of sp³-hybridized carbons (Fsp3) is 0.381. The molecule has 0 saturated carbocycles. The zero-order chi connectivity index (χ0) is 23.1. The molecule has 0 aliphatic carbocycles. The molecule has 10 heteroatoms. The summed E-state index contributed by atoms with van der Waals surface area (Å²) in [5.41, 5.74) is 0.625. The second kappa shape index (κ2) is 10.6. The third kappa shape index (κ3) is 7.87. The van der Waals surface area contributed by atoms with Crippen molar-refractivity contribution in [1.82, 2.24) is 10.2 Å². The second-order valence-electron chi connectivity index (χ2n) is 7.14. The Morgan fingerprint density at radius 3 is 2.13 bits per heavy atom. The minimum Gasteiger partial charge on any atom is -0.338 e. The van der Waals surface area contributed by atoms with Crippen LogP contribution < -0.4 is 10.5 Å². The van der Waals surface area contributed by atoms with Crippen molar-refractivity contribution in [2.24, 2.45) is 5.14 Å². The van der Waals surface area contributed by atoms with E-state index in [1.165, 1.54) is 29.2 Å². The molecule has 3 N–H and O–H groups in total. The van der Waals surface area contributed by atoms with Crippen LogP contribution in [0, 0.1) is 0 Å². The topological polar surface area (TPSA) is 92.5 Å². The van der Waals surface area contributed by atoms with E-state index < -0.39 is 21.8 Å². The van der Waals surface area contributed by atoms with E-state index in [-0.39, 0.29) is 17.5 Å². The van der Waals surface area contributed by atoms with Crippen molar-refractivity contribution < 1.29 is 26.4 Å². The van der Waals surface area contributed by atoms with Gasteiger partial charge in [-0.15, -0.1) is 0 Å². The van der Waals surface area contributed by atoms with Crippen molar-refractivity contribution in [1.29, 1.82) is 0 Å². The number of hydrogen-bond acceptors (Lipinski definition) is 3. The van der Waals surface area contributed by atoms with Crippen molar-refractivity contribution in [3.05, 3.63) is 65.2 Å². The monoisotopic (exact) mass is 457 g/mol. The van der Waals surface area contributed by atoms with E-state index in [0.717, 1.165) is 30.5 Å². The van der Waals surface area contributed by atoms with Crippen molar-refractivity contribution in [3.8, 4) is 0 Å². The number of alkyl halides is 3. The van der Waals surface area contributed by atoms with Gasteiger partial charge in [-0.05, 0) is 48.2 Å². The third-order valence-corrected chi connectivity index (χ3v) is 5.60. The lowest BCUT2D eigenvalue weighted by molar-refractivity contribution is -0.137. The fourth-order valence-corrected chi connectivity index (χ4v) is 3.38. The van der Waals surface area contributed by atoms with Crippen LogP contribution in [0.25, 0.3) is 0 Å². The van der Waals surface area contributed by atoms with Crippen LogP contribution in [-0.4, -0.2) is 32.4 Å². The molecule has 0 aliphatic heterocycles. The number of nitrogens with zero attached hydrogens (tertiary/aromatic N) is 1. The summed E-state index contributed by atoms with van der Waals surface area (Å²) in [6.07, 6.45) is -2.25. The van der Waals surface area contributed by atoms with Crippen LogP contribution in [-0.2, 0) is 29.2 Å². The summed E-state index contributed by atoms with van der Waals surface area (Å²) in [5.74, 6) is 0. The van der Waals surface area contributed by atoms with Crippen LogP contribution in [0.2, 0.25) is 0 Å². The molecule has 0 atom stereocenters. The van der Waals surface area contributed by atoms with Gasteiger partial charge >= 0.3 is 12.2 Å². The lowest BCUT2D eigenvalue weighted by Gasteiger charge is -2.24. The molecule has 31 heavy (non-hydrogen) atoms. The molecule has 2 amide bonds. The number of unbranched alkanes of at least 4 members (excludes halogenated alkanes) is 1. The second-order valence-corrected chi connectivity index (χ2v) is 8.70. The molecule has 2 aromatic rings. The van der Waals surface area contributed by atoms with E-state index >= 15 is 0 Å². The number of nitrogens with one attached hydrogen (secondary N) is 1. The van der Waals surface area contributed by atoms with Crippen molar-refractivity contribution in [2.75, 3.05) is 13.1 Å². The molecule has 0 radical (unpaired) electrons. The Kier molecular flexibility index (Phi) is 8.46. The first kappa shape index (κ1) is 24.7. The highest BCUT2D eigenvalue weighted by molar-refractivity contribution is 7.89. The van der Waals surface area contributed by atoms with Crippen LogP contribution in [0.3, 0.4) is 0 Å². The highest BCUT2D eigenvalue weighted by Gasteiger charge is 2.30. The molecule has 0 fully saturated rings. The zero-order valence-electron chi connectivity index (χ0n) is 17.2. The summed E-state index contributed by atoms with van der Waals surface area (Å²) < 4.78 is 61.0. The smallest absolute Gasteiger partial charge is 0.338 e. The Bertz CT molecular complexity index is 960. The molecule has 2 rings (SSSR count). The third-order valence-electron chi connectivity index (χ3n) is 4.67. The molecule has 0 heterocycles. The van der Waals surface area contributed by atoms with Crippen molar-refractivity contribution in [3.63, 3.8) is 0 Å². The first-order chi connectivity index (χ1) is 14.5. The Labute approximate surface area is 180 Å². The quantitative estimate of drug-likeness (QED) is 0.559. The van der Waals surface area contributed by atoms with Crippen LogP contribution in [0.15, 0.2) is 53.4 Å². The highest BCUT2D eigenvalue weighted by atomic mass is 32.2. The number of primary sulfonamides is 1.